The summed E-state index contributed by atoms with van der Waals surface area (Å²) >= 11 is 0. The lowest BCUT2D eigenvalue weighted by molar-refractivity contribution is 1.12. The molecular formula is C65H46BN3. The van der Waals surface area contributed by atoms with Crippen LogP contribution in [0.1, 0.15) is 11.1 Å². The number of benzene rings is 10. The van der Waals surface area contributed by atoms with Crippen molar-refractivity contribution >= 4 is 51.0 Å². The van der Waals surface area contributed by atoms with Crippen LogP contribution in [0.15, 0.2) is 267 Å². The fourth-order valence-corrected chi connectivity index (χ4v) is 11.2. The maximum absolute atomic E-state index is 2.57. The quantitative estimate of drug-likeness (QED) is 0.152. The van der Waals surface area contributed by atoms with Crippen LogP contribution in [-0.2, 0) is 6.42 Å². The van der Waals surface area contributed by atoms with E-state index in [1.54, 1.807) is 0 Å². The Morgan fingerprint density at radius 2 is 0.841 bits per heavy atom. The van der Waals surface area contributed by atoms with E-state index in [1.165, 1.54) is 111 Å². The lowest BCUT2D eigenvalue weighted by Gasteiger charge is -2.42. The Morgan fingerprint density at radius 1 is 0.348 bits per heavy atom. The number of anilines is 2. The lowest BCUT2D eigenvalue weighted by Crippen LogP contribution is -2.59. The molecule has 12 aromatic rings. The molecule has 0 fully saturated rings. The van der Waals surface area contributed by atoms with Crippen LogP contribution in [0.4, 0.5) is 11.4 Å². The van der Waals surface area contributed by atoms with Crippen LogP contribution in [-0.4, -0.2) is 16.0 Å². The Hall–Kier alpha value is -8.86. The molecule has 2 aliphatic rings. The van der Waals surface area contributed by atoms with E-state index in [4.69, 9.17) is 0 Å². The van der Waals surface area contributed by atoms with Crippen molar-refractivity contribution < 1.29 is 0 Å². The van der Waals surface area contributed by atoms with Crippen molar-refractivity contribution in [2.45, 2.75) is 6.42 Å². The molecule has 0 aliphatic carbocycles. The van der Waals surface area contributed by atoms with E-state index in [1.807, 2.05) is 0 Å². The lowest BCUT2D eigenvalue weighted by atomic mass is 9.43. The van der Waals surface area contributed by atoms with E-state index in [0.717, 1.165) is 6.42 Å². The summed E-state index contributed by atoms with van der Waals surface area (Å²) in [5.74, 6) is 0. The van der Waals surface area contributed by atoms with E-state index in [2.05, 4.69) is 281 Å². The first-order valence-corrected chi connectivity index (χ1v) is 23.9. The van der Waals surface area contributed by atoms with Gasteiger partial charge in [0, 0.05) is 44.8 Å². The summed E-state index contributed by atoms with van der Waals surface area (Å²) in [6.45, 7) is 0.0980. The van der Waals surface area contributed by atoms with Crippen LogP contribution >= 0.6 is 0 Å². The van der Waals surface area contributed by atoms with Gasteiger partial charge in [-0.05, 0) is 105 Å². The summed E-state index contributed by atoms with van der Waals surface area (Å²) in [6, 6.07) is 96.2. The second-order valence-corrected chi connectivity index (χ2v) is 18.0. The van der Waals surface area contributed by atoms with Crippen LogP contribution < -0.4 is 15.7 Å². The van der Waals surface area contributed by atoms with Gasteiger partial charge in [0.25, 0.3) is 0 Å². The Kier molecular flexibility index (Phi) is 10.0. The minimum absolute atomic E-state index is 0.0980. The van der Waals surface area contributed by atoms with Crippen molar-refractivity contribution in [3.8, 4) is 56.1 Å². The summed E-state index contributed by atoms with van der Waals surface area (Å²) in [7, 11) is 0. The maximum Gasteiger partial charge on any atom is 0.331 e. The SMILES string of the molecule is c1ccc(-c2ccccc2Cc2ccccc2-c2cc3ccccc3n2-c2ccccc2)cc1.c1ccc(-n2c3c(c4ccccc42)B2c4ccccc4-c4ccccc4N2c2ccccc2-3)cc1. The molecule has 0 saturated carbocycles. The highest BCUT2D eigenvalue weighted by Crippen LogP contribution is 2.48. The fraction of sp³-hybridized carbons (Fsp3) is 0.0154. The van der Waals surface area contributed by atoms with Crippen LogP contribution in [0.3, 0.4) is 0 Å². The molecule has 0 bridgehead atoms. The minimum atomic E-state index is 0.0980. The second-order valence-electron chi connectivity index (χ2n) is 18.0. The molecule has 0 amide bonds. The summed E-state index contributed by atoms with van der Waals surface area (Å²) in [5.41, 5.74) is 23.0. The van der Waals surface area contributed by atoms with Gasteiger partial charge in [-0.15, -0.1) is 0 Å². The molecule has 2 aliphatic heterocycles. The topological polar surface area (TPSA) is 13.1 Å². The number of para-hydroxylation sites is 6. The molecule has 0 spiro atoms. The average molecular weight is 880 g/mol. The van der Waals surface area contributed by atoms with Crippen molar-refractivity contribution in [1.82, 2.24) is 9.13 Å². The summed E-state index contributed by atoms with van der Waals surface area (Å²) in [4.78, 5) is 2.57. The Balaban J connectivity index is 0.000000136. The molecule has 69 heavy (non-hydrogen) atoms. The molecule has 4 heteroatoms. The predicted octanol–water partition coefficient (Wildman–Crippen LogP) is 15.1. The van der Waals surface area contributed by atoms with Crippen molar-refractivity contribution in [2.24, 2.45) is 0 Å². The number of hydrogen-bond acceptors (Lipinski definition) is 1. The summed E-state index contributed by atoms with van der Waals surface area (Å²) < 4.78 is 4.85. The number of hydrogen-bond donors (Lipinski definition) is 0. The summed E-state index contributed by atoms with van der Waals surface area (Å²) in [5, 5.41) is 2.56. The summed E-state index contributed by atoms with van der Waals surface area (Å²) in [6.07, 6.45) is 0.873. The fourth-order valence-electron chi connectivity index (χ4n) is 11.2. The molecule has 3 nitrogen and oxygen atoms in total. The third-order valence-electron chi connectivity index (χ3n) is 14.1. The second kappa shape index (κ2) is 17.1. The molecule has 0 unspecified atom stereocenters. The van der Waals surface area contributed by atoms with Crippen LogP contribution in [0, 0.1) is 0 Å². The molecule has 0 N–H and O–H groups in total. The van der Waals surface area contributed by atoms with Gasteiger partial charge in [0.1, 0.15) is 0 Å². The highest BCUT2D eigenvalue weighted by molar-refractivity contribution is 6.94. The third-order valence-corrected chi connectivity index (χ3v) is 14.1. The van der Waals surface area contributed by atoms with E-state index in [0.29, 0.717) is 0 Å². The van der Waals surface area contributed by atoms with Gasteiger partial charge in [-0.1, -0.05) is 212 Å². The predicted molar refractivity (Wildman–Crippen MR) is 291 cm³/mol. The van der Waals surface area contributed by atoms with E-state index < -0.39 is 0 Å². The Bertz CT molecular complexity index is 3830. The molecule has 10 aromatic carbocycles. The zero-order chi connectivity index (χ0) is 45.7. The molecule has 0 atom stereocenters. The van der Waals surface area contributed by atoms with Crippen molar-refractivity contribution in [1.29, 1.82) is 0 Å². The molecule has 0 radical (unpaired) electrons. The van der Waals surface area contributed by atoms with Crippen LogP contribution in [0.5, 0.6) is 0 Å². The van der Waals surface area contributed by atoms with Gasteiger partial charge in [-0.2, -0.15) is 0 Å². The third kappa shape index (κ3) is 6.83. The Morgan fingerprint density at radius 3 is 1.57 bits per heavy atom. The molecule has 0 saturated heterocycles. The van der Waals surface area contributed by atoms with Crippen molar-refractivity contribution in [3.05, 3.63) is 278 Å². The standard InChI is InChI=1S/C33H25N.C32H21BN2/c1-3-13-25(14-4-1)30-20-10-7-15-26(30)23-27-16-8-11-21-31(27)33-24-28-17-9-12-22-32(28)34(33)29-18-5-2-6-19-29;1-2-12-22(13-3-1)34-28-19-9-6-16-25(28)31-32(34)26-17-7-11-21-30(26)35-29-20-10-5-15-24(29)23-14-4-8-18-27(23)33(31)35/h1-22,24H,23H2;1-21H. The molecule has 2 aromatic heterocycles. The largest absolute Gasteiger partial charge is 0.376 e. The smallest absolute Gasteiger partial charge is 0.331 e. The number of fused-ring (bicyclic) bond motifs is 14. The van der Waals surface area contributed by atoms with Crippen LogP contribution in [0.25, 0.3) is 77.9 Å². The van der Waals surface area contributed by atoms with E-state index >= 15 is 0 Å². The van der Waals surface area contributed by atoms with Gasteiger partial charge < -0.3 is 13.9 Å². The minimum Gasteiger partial charge on any atom is -0.376 e. The molecule has 324 valence electrons. The number of nitrogens with zero attached hydrogens (tertiary/aromatic N) is 3. The van der Waals surface area contributed by atoms with E-state index in [9.17, 15) is 0 Å². The van der Waals surface area contributed by atoms with Gasteiger partial charge in [-0.3, -0.25) is 0 Å². The number of aromatic nitrogens is 2. The molecule has 14 rings (SSSR count). The van der Waals surface area contributed by atoms with E-state index in [-0.39, 0.29) is 6.85 Å². The zero-order valence-electron chi connectivity index (χ0n) is 38.0. The van der Waals surface area contributed by atoms with Gasteiger partial charge in [-0.25, -0.2) is 0 Å². The monoisotopic (exact) mass is 879 g/mol. The Labute approximate surface area is 403 Å². The van der Waals surface area contributed by atoms with Gasteiger partial charge in [0.2, 0.25) is 0 Å². The zero-order valence-corrected chi connectivity index (χ0v) is 38.0. The first-order chi connectivity index (χ1) is 34.3. The van der Waals surface area contributed by atoms with Gasteiger partial charge >= 0.3 is 6.85 Å². The van der Waals surface area contributed by atoms with Crippen LogP contribution in [0.2, 0.25) is 0 Å². The van der Waals surface area contributed by atoms with Crippen molar-refractivity contribution in [3.63, 3.8) is 0 Å². The first-order valence-electron chi connectivity index (χ1n) is 23.9. The molecular weight excluding hydrogens is 834 g/mol. The maximum atomic E-state index is 2.57. The van der Waals surface area contributed by atoms with Gasteiger partial charge in [0.15, 0.2) is 0 Å². The highest BCUT2D eigenvalue weighted by Gasteiger charge is 2.45. The first kappa shape index (κ1) is 40.4. The average Bonchev–Trinajstić information content (AvgIpc) is 3.99. The number of rotatable bonds is 6. The molecule has 4 heterocycles. The highest BCUT2D eigenvalue weighted by atomic mass is 15.1. The van der Waals surface area contributed by atoms with Gasteiger partial charge in [0.05, 0.1) is 22.4 Å². The van der Waals surface area contributed by atoms with Crippen molar-refractivity contribution in [2.75, 3.05) is 4.81 Å². The normalized spacial score (nSPS) is 12.1.